The van der Waals surface area contributed by atoms with Gasteiger partial charge in [-0.3, -0.25) is 0 Å². The maximum atomic E-state index is 11.3. The van der Waals surface area contributed by atoms with Crippen LogP contribution in [0.2, 0.25) is 0 Å². The van der Waals surface area contributed by atoms with E-state index in [-0.39, 0.29) is 5.75 Å². The zero-order valence-electron chi connectivity index (χ0n) is 10.7. The number of thioether (sulfide) groups is 1. The van der Waals surface area contributed by atoms with Gasteiger partial charge >= 0.3 is 0 Å². The van der Waals surface area contributed by atoms with Gasteiger partial charge in [0, 0.05) is 11.8 Å². The molecule has 5 heteroatoms. The molecule has 0 fully saturated rings. The highest BCUT2D eigenvalue weighted by atomic mass is 32.2. The Balaban J connectivity index is 3.83. The lowest BCUT2D eigenvalue weighted by Gasteiger charge is -2.17. The molecule has 1 N–H and O–H groups in total. The van der Waals surface area contributed by atoms with Crippen LogP contribution in [-0.4, -0.2) is 44.5 Å². The van der Waals surface area contributed by atoms with Gasteiger partial charge in [-0.1, -0.05) is 13.8 Å². The lowest BCUT2D eigenvalue weighted by Crippen LogP contribution is -2.30. The van der Waals surface area contributed by atoms with Gasteiger partial charge in [-0.2, -0.15) is 11.8 Å². The van der Waals surface area contributed by atoms with Crippen LogP contribution in [0, 0.1) is 0 Å². The molecule has 0 aromatic carbocycles. The van der Waals surface area contributed by atoms with E-state index in [9.17, 15) is 8.42 Å². The topological polar surface area (TPSA) is 46.2 Å². The summed E-state index contributed by atoms with van der Waals surface area (Å²) in [5.74, 6) is 1.74. The first kappa shape index (κ1) is 16.3. The van der Waals surface area contributed by atoms with Gasteiger partial charge in [0.2, 0.25) is 0 Å². The fourth-order valence-electron chi connectivity index (χ4n) is 1.59. The monoisotopic (exact) mass is 267 g/mol. The molecule has 1 unspecified atom stereocenters. The molecule has 0 radical (unpaired) electrons. The van der Waals surface area contributed by atoms with Crippen LogP contribution in [0.1, 0.15) is 33.1 Å². The van der Waals surface area contributed by atoms with E-state index in [1.54, 1.807) is 6.92 Å². The normalized spacial score (nSPS) is 13.9. The van der Waals surface area contributed by atoms with Crippen molar-refractivity contribution in [3.63, 3.8) is 0 Å². The third kappa shape index (κ3) is 8.42. The highest BCUT2D eigenvalue weighted by molar-refractivity contribution is 7.98. The summed E-state index contributed by atoms with van der Waals surface area (Å²) in [7, 11) is -2.78. The van der Waals surface area contributed by atoms with Crippen LogP contribution >= 0.6 is 11.8 Å². The summed E-state index contributed by atoms with van der Waals surface area (Å²) in [6, 6.07) is 0.476. The molecular formula is C11H25NO2S2. The van der Waals surface area contributed by atoms with Crippen molar-refractivity contribution in [3.8, 4) is 0 Å². The lowest BCUT2D eigenvalue weighted by molar-refractivity contribution is 0.477. The fourth-order valence-corrected chi connectivity index (χ4v) is 3.01. The average molecular weight is 267 g/mol. The number of rotatable bonds is 10. The second kappa shape index (κ2) is 9.31. The molecule has 16 heavy (non-hydrogen) atoms. The summed E-state index contributed by atoms with van der Waals surface area (Å²) in [5.41, 5.74) is 0. The van der Waals surface area contributed by atoms with E-state index in [1.807, 2.05) is 11.8 Å². The predicted octanol–water partition coefficient (Wildman–Crippen LogP) is 1.93. The van der Waals surface area contributed by atoms with E-state index in [4.69, 9.17) is 0 Å². The second-order valence-electron chi connectivity index (χ2n) is 3.91. The molecule has 98 valence electrons. The number of nitrogens with one attached hydrogen (secondary N) is 1. The van der Waals surface area contributed by atoms with Crippen molar-refractivity contribution in [2.24, 2.45) is 0 Å². The first-order valence-corrected chi connectivity index (χ1v) is 9.20. The zero-order valence-corrected chi connectivity index (χ0v) is 12.3. The SMILES string of the molecule is CCNC(CCCS(=O)(=O)CC)CCSC. The molecule has 0 saturated carbocycles. The Bertz CT molecular complexity index is 253. The highest BCUT2D eigenvalue weighted by Crippen LogP contribution is 2.08. The molecule has 0 amide bonds. The van der Waals surface area contributed by atoms with Crippen molar-refractivity contribution >= 4 is 21.6 Å². The minimum absolute atomic E-state index is 0.268. The Labute approximate surface area is 105 Å². The maximum absolute atomic E-state index is 11.3. The van der Waals surface area contributed by atoms with Gasteiger partial charge < -0.3 is 5.32 Å². The largest absolute Gasteiger partial charge is 0.314 e. The predicted molar refractivity (Wildman–Crippen MR) is 74.0 cm³/mol. The smallest absolute Gasteiger partial charge is 0.150 e. The summed E-state index contributed by atoms with van der Waals surface area (Å²) >= 11 is 1.84. The molecule has 0 saturated heterocycles. The van der Waals surface area contributed by atoms with Gasteiger partial charge in [-0.15, -0.1) is 0 Å². The molecule has 0 aromatic rings. The minimum atomic E-state index is -2.78. The Morgan fingerprint density at radius 3 is 2.44 bits per heavy atom. The standard InChI is InChI=1S/C11H25NO2S2/c1-4-12-11(8-9-15-3)7-6-10-16(13,14)5-2/h11-12H,4-10H2,1-3H3. The van der Waals surface area contributed by atoms with Crippen LogP contribution in [-0.2, 0) is 9.84 Å². The Morgan fingerprint density at radius 1 is 1.25 bits per heavy atom. The van der Waals surface area contributed by atoms with Gasteiger partial charge in [0.1, 0.15) is 9.84 Å². The third-order valence-corrected chi connectivity index (χ3v) is 5.05. The van der Waals surface area contributed by atoms with E-state index >= 15 is 0 Å². The molecular weight excluding hydrogens is 242 g/mol. The molecule has 0 aliphatic rings. The van der Waals surface area contributed by atoms with Crippen molar-refractivity contribution in [1.82, 2.24) is 5.32 Å². The molecule has 0 rings (SSSR count). The van der Waals surface area contributed by atoms with Gasteiger partial charge in [-0.05, 0) is 37.8 Å². The van der Waals surface area contributed by atoms with E-state index in [2.05, 4.69) is 18.5 Å². The van der Waals surface area contributed by atoms with Crippen LogP contribution < -0.4 is 5.32 Å². The van der Waals surface area contributed by atoms with E-state index in [1.165, 1.54) is 0 Å². The number of sulfone groups is 1. The molecule has 0 bridgehead atoms. The minimum Gasteiger partial charge on any atom is -0.314 e. The zero-order chi connectivity index (χ0) is 12.4. The summed E-state index contributed by atoms with van der Waals surface area (Å²) in [5, 5.41) is 3.41. The average Bonchev–Trinajstić information content (AvgIpc) is 2.25. The van der Waals surface area contributed by atoms with Gasteiger partial charge in [-0.25, -0.2) is 8.42 Å². The van der Waals surface area contributed by atoms with Crippen LogP contribution in [0.25, 0.3) is 0 Å². The van der Waals surface area contributed by atoms with Crippen LogP contribution in [0.5, 0.6) is 0 Å². The fraction of sp³-hybridized carbons (Fsp3) is 1.00. The van der Waals surface area contributed by atoms with Crippen molar-refractivity contribution in [1.29, 1.82) is 0 Å². The maximum Gasteiger partial charge on any atom is 0.150 e. The number of hydrogen-bond donors (Lipinski definition) is 1. The molecule has 0 aromatic heterocycles. The first-order chi connectivity index (χ1) is 7.55. The quantitative estimate of drug-likeness (QED) is 0.657. The molecule has 0 spiro atoms. The third-order valence-electron chi connectivity index (χ3n) is 2.61. The molecule has 0 aliphatic carbocycles. The summed E-state index contributed by atoms with van der Waals surface area (Å²) in [6.45, 7) is 4.76. The Hall–Kier alpha value is 0.260. The van der Waals surface area contributed by atoms with Gasteiger partial charge in [0.25, 0.3) is 0 Å². The molecule has 3 nitrogen and oxygen atoms in total. The lowest BCUT2D eigenvalue weighted by atomic mass is 10.1. The first-order valence-electron chi connectivity index (χ1n) is 5.98. The Kier molecular flexibility index (Phi) is 9.46. The molecule has 0 aliphatic heterocycles. The molecule has 1 atom stereocenters. The van der Waals surface area contributed by atoms with Crippen LogP contribution in [0.3, 0.4) is 0 Å². The summed E-state index contributed by atoms with van der Waals surface area (Å²) < 4.78 is 22.7. The van der Waals surface area contributed by atoms with Crippen LogP contribution in [0.15, 0.2) is 0 Å². The van der Waals surface area contributed by atoms with Crippen molar-refractivity contribution in [2.75, 3.05) is 30.1 Å². The summed E-state index contributed by atoms with van der Waals surface area (Å²) in [6.07, 6.45) is 4.97. The van der Waals surface area contributed by atoms with Crippen molar-refractivity contribution < 1.29 is 8.42 Å². The van der Waals surface area contributed by atoms with E-state index < -0.39 is 9.84 Å². The second-order valence-corrected chi connectivity index (χ2v) is 7.37. The highest BCUT2D eigenvalue weighted by Gasteiger charge is 2.10. The van der Waals surface area contributed by atoms with Gasteiger partial charge in [0.05, 0.1) is 5.75 Å². The van der Waals surface area contributed by atoms with E-state index in [0.29, 0.717) is 11.8 Å². The van der Waals surface area contributed by atoms with Crippen LogP contribution in [0.4, 0.5) is 0 Å². The van der Waals surface area contributed by atoms with Crippen molar-refractivity contribution in [2.45, 2.75) is 39.2 Å². The Morgan fingerprint density at radius 2 is 1.94 bits per heavy atom. The van der Waals surface area contributed by atoms with E-state index in [0.717, 1.165) is 31.6 Å². The number of hydrogen-bond acceptors (Lipinski definition) is 4. The van der Waals surface area contributed by atoms with Crippen molar-refractivity contribution in [3.05, 3.63) is 0 Å². The van der Waals surface area contributed by atoms with Gasteiger partial charge in [0.15, 0.2) is 0 Å². The molecule has 0 heterocycles. The summed E-state index contributed by atoms with van der Waals surface area (Å²) in [4.78, 5) is 0.